The minimum Gasteiger partial charge on any atom is -0.456 e. The predicted molar refractivity (Wildman–Crippen MR) is 84.8 cm³/mol. The highest BCUT2D eigenvalue weighted by molar-refractivity contribution is 6.31. The van der Waals surface area contributed by atoms with Crippen molar-refractivity contribution in [3.05, 3.63) is 58.1 Å². The Morgan fingerprint density at radius 1 is 1.05 bits per heavy atom. The normalized spacial score (nSPS) is 10.6. The first-order valence-corrected chi connectivity index (χ1v) is 7.23. The Hall–Kier alpha value is -1.51. The molecule has 0 radical (unpaired) electrons. The van der Waals surface area contributed by atoms with Crippen LogP contribution in [0.15, 0.2) is 36.4 Å². The average Bonchev–Trinajstić information content (AvgIpc) is 2.42. The second-order valence-electron chi connectivity index (χ2n) is 4.82. The zero-order chi connectivity index (χ0) is 14.5. The summed E-state index contributed by atoms with van der Waals surface area (Å²) in [5.41, 5.74) is 3.25. The number of hydrogen-bond acceptors (Lipinski definition) is 2. The highest BCUT2D eigenvalue weighted by atomic mass is 35.5. The molecule has 0 spiro atoms. The maximum Gasteiger partial charge on any atom is 0.133 e. The highest BCUT2D eigenvalue weighted by Crippen LogP contribution is 2.33. The lowest BCUT2D eigenvalue weighted by atomic mass is 10.1. The van der Waals surface area contributed by atoms with Crippen molar-refractivity contribution in [1.82, 2.24) is 5.32 Å². The van der Waals surface area contributed by atoms with E-state index in [1.165, 1.54) is 0 Å². The van der Waals surface area contributed by atoms with E-state index in [2.05, 4.69) is 38.2 Å². The average molecular weight is 290 g/mol. The molecule has 2 nitrogen and oxygen atoms in total. The van der Waals surface area contributed by atoms with Crippen molar-refractivity contribution in [1.29, 1.82) is 0 Å². The van der Waals surface area contributed by atoms with Crippen LogP contribution >= 0.6 is 11.6 Å². The van der Waals surface area contributed by atoms with Crippen molar-refractivity contribution in [2.24, 2.45) is 0 Å². The Balaban J connectivity index is 2.36. The second kappa shape index (κ2) is 6.78. The third-order valence-electron chi connectivity index (χ3n) is 3.25. The third kappa shape index (κ3) is 3.33. The summed E-state index contributed by atoms with van der Waals surface area (Å²) >= 11 is 6.29. The minimum atomic E-state index is 0.705. The number of aryl methyl sites for hydroxylation is 2. The molecule has 0 unspecified atom stereocenters. The molecule has 2 aromatic rings. The van der Waals surface area contributed by atoms with Crippen molar-refractivity contribution in [3.8, 4) is 11.5 Å². The Morgan fingerprint density at radius 2 is 1.70 bits per heavy atom. The summed E-state index contributed by atoms with van der Waals surface area (Å²) in [5.74, 6) is 1.73. The summed E-state index contributed by atoms with van der Waals surface area (Å²) < 4.78 is 6.12. The van der Waals surface area contributed by atoms with Crippen molar-refractivity contribution >= 4 is 11.6 Å². The largest absolute Gasteiger partial charge is 0.456 e. The lowest BCUT2D eigenvalue weighted by Gasteiger charge is -2.16. The number of rotatable bonds is 5. The number of benzene rings is 2. The van der Waals surface area contributed by atoms with E-state index >= 15 is 0 Å². The molecule has 20 heavy (non-hydrogen) atoms. The van der Waals surface area contributed by atoms with Gasteiger partial charge in [0.1, 0.15) is 11.5 Å². The van der Waals surface area contributed by atoms with Crippen LogP contribution in [0.2, 0.25) is 5.02 Å². The Bertz CT molecular complexity index is 575. The van der Waals surface area contributed by atoms with E-state index in [0.717, 1.165) is 39.8 Å². The fourth-order valence-electron chi connectivity index (χ4n) is 2.13. The van der Waals surface area contributed by atoms with Crippen molar-refractivity contribution in [2.45, 2.75) is 27.3 Å². The molecule has 0 atom stereocenters. The monoisotopic (exact) mass is 289 g/mol. The first-order chi connectivity index (χ1) is 9.63. The molecular formula is C17H20ClNO. The van der Waals surface area contributed by atoms with Gasteiger partial charge in [-0.15, -0.1) is 0 Å². The summed E-state index contributed by atoms with van der Waals surface area (Å²) in [4.78, 5) is 0. The van der Waals surface area contributed by atoms with Gasteiger partial charge in [0.2, 0.25) is 0 Å². The van der Waals surface area contributed by atoms with Crippen LogP contribution < -0.4 is 10.1 Å². The molecule has 0 fully saturated rings. The fourth-order valence-corrected chi connectivity index (χ4v) is 2.36. The number of ether oxygens (including phenoxy) is 1. The van der Waals surface area contributed by atoms with Crippen LogP contribution in [0.3, 0.4) is 0 Å². The van der Waals surface area contributed by atoms with Gasteiger partial charge in [-0.25, -0.2) is 0 Å². The maximum absolute atomic E-state index is 6.29. The molecule has 0 amide bonds. The standard InChI is InChI=1S/C17H20ClNO/c1-4-19-11-14-15(18)9-6-10-16(14)20-17-12(2)7-5-8-13(17)3/h5-10,19H,4,11H2,1-3H3. The van der Waals surface area contributed by atoms with Crippen LogP contribution in [0.4, 0.5) is 0 Å². The van der Waals surface area contributed by atoms with E-state index in [1.807, 2.05) is 24.3 Å². The van der Waals surface area contributed by atoms with Gasteiger partial charge >= 0.3 is 0 Å². The molecule has 0 heterocycles. The molecular weight excluding hydrogens is 270 g/mol. The van der Waals surface area contributed by atoms with E-state index in [0.29, 0.717) is 6.54 Å². The summed E-state index contributed by atoms with van der Waals surface area (Å²) in [6.07, 6.45) is 0. The predicted octanol–water partition coefficient (Wildman–Crippen LogP) is 4.86. The third-order valence-corrected chi connectivity index (χ3v) is 3.60. The molecule has 3 heteroatoms. The Kier molecular flexibility index (Phi) is 5.05. The van der Waals surface area contributed by atoms with Gasteiger partial charge in [-0.2, -0.15) is 0 Å². The molecule has 0 aliphatic rings. The van der Waals surface area contributed by atoms with Gasteiger partial charge in [-0.3, -0.25) is 0 Å². The van der Waals surface area contributed by atoms with Gasteiger partial charge < -0.3 is 10.1 Å². The number of halogens is 1. The second-order valence-corrected chi connectivity index (χ2v) is 5.23. The molecule has 106 valence electrons. The summed E-state index contributed by atoms with van der Waals surface area (Å²) in [5, 5.41) is 4.03. The van der Waals surface area contributed by atoms with E-state index < -0.39 is 0 Å². The zero-order valence-corrected chi connectivity index (χ0v) is 12.9. The summed E-state index contributed by atoms with van der Waals surface area (Å²) in [6.45, 7) is 7.78. The SMILES string of the molecule is CCNCc1c(Cl)cccc1Oc1c(C)cccc1C. The van der Waals surface area contributed by atoms with Crippen molar-refractivity contribution in [2.75, 3.05) is 6.54 Å². The molecule has 0 saturated heterocycles. The Labute approximate surface area is 125 Å². The summed E-state index contributed by atoms with van der Waals surface area (Å²) in [7, 11) is 0. The molecule has 2 rings (SSSR count). The number of nitrogens with one attached hydrogen (secondary N) is 1. The molecule has 0 saturated carbocycles. The van der Waals surface area contributed by atoms with Gasteiger partial charge in [-0.05, 0) is 43.7 Å². The van der Waals surface area contributed by atoms with E-state index in [1.54, 1.807) is 0 Å². The lowest BCUT2D eigenvalue weighted by Crippen LogP contribution is -2.13. The fraction of sp³-hybridized carbons (Fsp3) is 0.294. The topological polar surface area (TPSA) is 21.3 Å². The molecule has 0 aromatic heterocycles. The first-order valence-electron chi connectivity index (χ1n) is 6.85. The van der Waals surface area contributed by atoms with Crippen molar-refractivity contribution < 1.29 is 4.74 Å². The first kappa shape index (κ1) is 14.9. The maximum atomic E-state index is 6.29. The minimum absolute atomic E-state index is 0.705. The molecule has 2 aromatic carbocycles. The quantitative estimate of drug-likeness (QED) is 0.849. The van der Waals surface area contributed by atoms with Crippen LogP contribution in [0.5, 0.6) is 11.5 Å². The smallest absolute Gasteiger partial charge is 0.133 e. The van der Waals surface area contributed by atoms with Crippen LogP contribution in [-0.2, 0) is 6.54 Å². The molecule has 0 bridgehead atoms. The number of hydrogen-bond donors (Lipinski definition) is 1. The Morgan fingerprint density at radius 3 is 2.35 bits per heavy atom. The molecule has 0 aliphatic heterocycles. The van der Waals surface area contributed by atoms with Gasteiger partial charge in [0, 0.05) is 17.1 Å². The van der Waals surface area contributed by atoms with Gasteiger partial charge in [0.25, 0.3) is 0 Å². The molecule has 0 aliphatic carbocycles. The van der Waals surface area contributed by atoms with E-state index in [4.69, 9.17) is 16.3 Å². The van der Waals surface area contributed by atoms with Crippen LogP contribution in [0, 0.1) is 13.8 Å². The van der Waals surface area contributed by atoms with E-state index in [-0.39, 0.29) is 0 Å². The molecule has 1 N–H and O–H groups in total. The van der Waals surface area contributed by atoms with Gasteiger partial charge in [-0.1, -0.05) is 42.8 Å². The van der Waals surface area contributed by atoms with Crippen molar-refractivity contribution in [3.63, 3.8) is 0 Å². The van der Waals surface area contributed by atoms with Gasteiger partial charge in [0.05, 0.1) is 0 Å². The zero-order valence-electron chi connectivity index (χ0n) is 12.2. The van der Waals surface area contributed by atoms with Crippen LogP contribution in [-0.4, -0.2) is 6.54 Å². The van der Waals surface area contributed by atoms with Gasteiger partial charge in [0.15, 0.2) is 0 Å². The highest BCUT2D eigenvalue weighted by Gasteiger charge is 2.11. The van der Waals surface area contributed by atoms with E-state index in [9.17, 15) is 0 Å². The van der Waals surface area contributed by atoms with Crippen LogP contribution in [0.1, 0.15) is 23.6 Å². The number of para-hydroxylation sites is 1. The van der Waals surface area contributed by atoms with Crippen LogP contribution in [0.25, 0.3) is 0 Å². The summed E-state index contributed by atoms with van der Waals surface area (Å²) in [6, 6.07) is 11.9. The lowest BCUT2D eigenvalue weighted by molar-refractivity contribution is 0.466.